The minimum absolute atomic E-state index is 0.00338. The van der Waals surface area contributed by atoms with Gasteiger partial charge in [0.1, 0.15) is 17.5 Å². The first-order chi connectivity index (χ1) is 12.1. The minimum atomic E-state index is -0.299. The van der Waals surface area contributed by atoms with Gasteiger partial charge >= 0.3 is 0 Å². The molecule has 0 N–H and O–H groups in total. The molecule has 2 aliphatic rings. The van der Waals surface area contributed by atoms with Crippen LogP contribution in [0.3, 0.4) is 0 Å². The Labute approximate surface area is 146 Å². The first kappa shape index (κ1) is 16.0. The van der Waals surface area contributed by atoms with Crippen LogP contribution in [-0.4, -0.2) is 52.2 Å². The smallest absolute Gasteiger partial charge is 0.272 e. The zero-order valence-corrected chi connectivity index (χ0v) is 14.2. The van der Waals surface area contributed by atoms with Crippen molar-refractivity contribution < 1.29 is 14.3 Å². The summed E-state index contributed by atoms with van der Waals surface area (Å²) in [6, 6.07) is 9.27. The Kier molecular flexibility index (Phi) is 4.13. The third-order valence-electron chi connectivity index (χ3n) is 4.82. The fourth-order valence-corrected chi connectivity index (χ4v) is 3.61. The molecule has 2 aliphatic heterocycles. The van der Waals surface area contributed by atoms with Crippen molar-refractivity contribution in [1.82, 2.24) is 14.9 Å². The van der Waals surface area contributed by atoms with Crippen molar-refractivity contribution in [2.75, 3.05) is 19.7 Å². The molecule has 0 aromatic carbocycles. The van der Waals surface area contributed by atoms with Crippen molar-refractivity contribution in [3.05, 3.63) is 54.1 Å². The third-order valence-corrected chi connectivity index (χ3v) is 4.82. The fraction of sp³-hybridized carbons (Fsp3) is 0.421. The normalized spacial score (nSPS) is 25.5. The number of ether oxygens (including phenoxy) is 2. The lowest BCUT2D eigenvalue weighted by Gasteiger charge is -2.23. The van der Waals surface area contributed by atoms with Crippen LogP contribution in [0.25, 0.3) is 0 Å². The number of pyridine rings is 2. The summed E-state index contributed by atoms with van der Waals surface area (Å²) in [6.45, 7) is 3.71. The van der Waals surface area contributed by atoms with E-state index in [0.717, 1.165) is 24.3 Å². The molecule has 130 valence electrons. The molecule has 0 aliphatic carbocycles. The highest BCUT2D eigenvalue weighted by molar-refractivity contribution is 5.92. The van der Waals surface area contributed by atoms with Crippen molar-refractivity contribution in [3.63, 3.8) is 0 Å². The molecule has 1 amide bonds. The van der Waals surface area contributed by atoms with E-state index >= 15 is 0 Å². The number of nitrogens with zero attached hydrogens (tertiary/aromatic N) is 3. The Balaban J connectivity index is 1.39. The number of amides is 1. The average Bonchev–Trinajstić information content (AvgIpc) is 3.22. The van der Waals surface area contributed by atoms with Gasteiger partial charge in [-0.3, -0.25) is 9.78 Å². The number of rotatable bonds is 3. The van der Waals surface area contributed by atoms with Crippen molar-refractivity contribution >= 4 is 5.91 Å². The molecule has 0 radical (unpaired) electrons. The summed E-state index contributed by atoms with van der Waals surface area (Å²) in [7, 11) is 0. The number of carbonyl (C=O) groups excluding carboxylic acids is 1. The Morgan fingerprint density at radius 2 is 2.28 bits per heavy atom. The van der Waals surface area contributed by atoms with Crippen LogP contribution in [0.2, 0.25) is 0 Å². The highest BCUT2D eigenvalue weighted by atomic mass is 16.6. The summed E-state index contributed by atoms with van der Waals surface area (Å²) in [5.41, 5.74) is 1.05. The summed E-state index contributed by atoms with van der Waals surface area (Å²) in [5, 5.41) is 0. The molecule has 6 heteroatoms. The summed E-state index contributed by atoms with van der Waals surface area (Å²) in [6.07, 6.45) is 5.04. The van der Waals surface area contributed by atoms with Crippen LogP contribution < -0.4 is 4.74 Å². The lowest BCUT2D eigenvalue weighted by molar-refractivity contribution is 0.00989. The maximum absolute atomic E-state index is 12.7. The second kappa shape index (κ2) is 6.44. The van der Waals surface area contributed by atoms with Gasteiger partial charge in [0.25, 0.3) is 5.91 Å². The van der Waals surface area contributed by atoms with Crippen LogP contribution in [-0.2, 0) is 4.74 Å². The van der Waals surface area contributed by atoms with E-state index in [1.165, 1.54) is 0 Å². The average molecular weight is 339 g/mol. The second-order valence-electron chi connectivity index (χ2n) is 6.77. The zero-order valence-electron chi connectivity index (χ0n) is 14.2. The summed E-state index contributed by atoms with van der Waals surface area (Å²) >= 11 is 0. The Morgan fingerprint density at radius 1 is 1.36 bits per heavy atom. The largest absolute Gasteiger partial charge is 0.486 e. The van der Waals surface area contributed by atoms with Crippen LogP contribution in [0.4, 0.5) is 0 Å². The summed E-state index contributed by atoms with van der Waals surface area (Å²) < 4.78 is 12.0. The van der Waals surface area contributed by atoms with E-state index in [0.29, 0.717) is 25.4 Å². The number of aryl methyl sites for hydroxylation is 1. The Hall–Kier alpha value is -2.47. The van der Waals surface area contributed by atoms with E-state index in [9.17, 15) is 4.79 Å². The lowest BCUT2D eigenvalue weighted by atomic mass is 9.98. The first-order valence-electron chi connectivity index (χ1n) is 8.57. The molecule has 25 heavy (non-hydrogen) atoms. The summed E-state index contributed by atoms with van der Waals surface area (Å²) in [5.74, 6) is 0.726. The van der Waals surface area contributed by atoms with Gasteiger partial charge in [-0.1, -0.05) is 6.07 Å². The maximum atomic E-state index is 12.7. The van der Waals surface area contributed by atoms with E-state index in [1.54, 1.807) is 18.5 Å². The highest BCUT2D eigenvalue weighted by Crippen LogP contribution is 2.37. The van der Waals surface area contributed by atoms with Gasteiger partial charge in [-0.05, 0) is 37.6 Å². The molecule has 0 saturated carbocycles. The van der Waals surface area contributed by atoms with Crippen LogP contribution in [0.15, 0.2) is 42.7 Å². The van der Waals surface area contributed by atoms with Crippen molar-refractivity contribution in [3.8, 4) is 5.75 Å². The molecule has 0 unspecified atom stereocenters. The molecule has 0 bridgehead atoms. The SMILES string of the molecule is Cc1cccc(C(=O)N2CC[C@@]3(C[C@@H](Oc4cccnc4)CO3)C2)n1. The number of hydrogen-bond acceptors (Lipinski definition) is 5. The highest BCUT2D eigenvalue weighted by Gasteiger charge is 2.47. The third kappa shape index (κ3) is 3.35. The molecule has 2 atom stereocenters. The molecule has 2 aromatic heterocycles. The van der Waals surface area contributed by atoms with Crippen molar-refractivity contribution in [2.45, 2.75) is 31.5 Å². The van der Waals surface area contributed by atoms with Gasteiger partial charge in [-0.2, -0.15) is 0 Å². The van der Waals surface area contributed by atoms with Gasteiger partial charge in [-0.15, -0.1) is 0 Å². The van der Waals surface area contributed by atoms with Crippen molar-refractivity contribution in [1.29, 1.82) is 0 Å². The van der Waals surface area contributed by atoms with Crippen LogP contribution in [0, 0.1) is 6.92 Å². The number of aromatic nitrogens is 2. The van der Waals surface area contributed by atoms with E-state index in [1.807, 2.05) is 36.1 Å². The van der Waals surface area contributed by atoms with Gasteiger partial charge in [-0.25, -0.2) is 4.98 Å². The van der Waals surface area contributed by atoms with E-state index in [-0.39, 0.29) is 17.6 Å². The number of hydrogen-bond donors (Lipinski definition) is 0. The topological polar surface area (TPSA) is 64.6 Å². The number of carbonyl (C=O) groups is 1. The standard InChI is InChI=1S/C19H21N3O3/c1-14-4-2-6-17(21-14)18(23)22-9-7-19(13-22)10-16(12-24-19)25-15-5-3-8-20-11-15/h2-6,8,11,16H,7,9-10,12-13H2,1H3/t16-,19-/m1/s1. The van der Waals surface area contributed by atoms with Gasteiger partial charge < -0.3 is 14.4 Å². The summed E-state index contributed by atoms with van der Waals surface area (Å²) in [4.78, 5) is 22.9. The minimum Gasteiger partial charge on any atom is -0.486 e. The lowest BCUT2D eigenvalue weighted by Crippen LogP contribution is -2.36. The van der Waals surface area contributed by atoms with Crippen LogP contribution in [0.1, 0.15) is 29.0 Å². The Bertz CT molecular complexity index is 768. The molecule has 2 aromatic rings. The molecule has 2 fully saturated rings. The van der Waals surface area contributed by atoms with Gasteiger partial charge in [0.15, 0.2) is 0 Å². The van der Waals surface area contributed by atoms with Gasteiger partial charge in [0, 0.05) is 24.9 Å². The monoisotopic (exact) mass is 339 g/mol. The molecular formula is C19H21N3O3. The zero-order chi connectivity index (χ0) is 17.3. The molecule has 1 spiro atoms. The van der Waals surface area contributed by atoms with E-state index < -0.39 is 0 Å². The number of likely N-dealkylation sites (tertiary alicyclic amines) is 1. The van der Waals surface area contributed by atoms with Crippen LogP contribution >= 0.6 is 0 Å². The maximum Gasteiger partial charge on any atom is 0.272 e. The van der Waals surface area contributed by atoms with Crippen LogP contribution in [0.5, 0.6) is 5.75 Å². The molecule has 4 heterocycles. The molecular weight excluding hydrogens is 318 g/mol. The predicted octanol–water partition coefficient (Wildman–Crippen LogP) is 2.24. The first-order valence-corrected chi connectivity index (χ1v) is 8.57. The second-order valence-corrected chi connectivity index (χ2v) is 6.77. The molecule has 2 saturated heterocycles. The fourth-order valence-electron chi connectivity index (χ4n) is 3.61. The quantitative estimate of drug-likeness (QED) is 0.858. The van der Waals surface area contributed by atoms with E-state index in [4.69, 9.17) is 9.47 Å². The molecule has 6 nitrogen and oxygen atoms in total. The Morgan fingerprint density at radius 3 is 3.08 bits per heavy atom. The molecule has 4 rings (SSSR count). The van der Waals surface area contributed by atoms with E-state index in [2.05, 4.69) is 9.97 Å². The predicted molar refractivity (Wildman–Crippen MR) is 91.4 cm³/mol. The van der Waals surface area contributed by atoms with Gasteiger partial charge in [0.2, 0.25) is 0 Å². The van der Waals surface area contributed by atoms with Crippen molar-refractivity contribution in [2.24, 2.45) is 0 Å². The van der Waals surface area contributed by atoms with Gasteiger partial charge in [0.05, 0.1) is 24.9 Å².